The minimum absolute atomic E-state index is 0.0363. The lowest BCUT2D eigenvalue weighted by molar-refractivity contribution is -0.184. The van der Waals surface area contributed by atoms with E-state index in [1.54, 1.807) is 5.57 Å². The summed E-state index contributed by atoms with van der Waals surface area (Å²) in [4.78, 5) is 0. The number of allylic oxidation sites excluding steroid dienone is 2. The summed E-state index contributed by atoms with van der Waals surface area (Å²) in [6, 6.07) is 0. The van der Waals surface area contributed by atoms with E-state index in [0.717, 1.165) is 17.8 Å². The molecule has 0 aromatic carbocycles. The maximum absolute atomic E-state index is 6.67. The van der Waals surface area contributed by atoms with Crippen LogP contribution >= 0.6 is 0 Å². The lowest BCUT2D eigenvalue weighted by atomic mass is 9.58. The molecule has 1 heterocycles. The summed E-state index contributed by atoms with van der Waals surface area (Å²) in [6.45, 7) is 11.8. The Balaban J connectivity index is 1.81. The topological polar surface area (TPSA) is 9.23 Å². The van der Waals surface area contributed by atoms with Crippen LogP contribution in [0.15, 0.2) is 23.3 Å². The maximum atomic E-state index is 6.67. The number of fused-ring (bicyclic) bond motifs is 3. The first kappa shape index (κ1) is 17.3. The average Bonchev–Trinajstić information content (AvgIpc) is 2.46. The Morgan fingerprint density at radius 1 is 1.22 bits per heavy atom. The van der Waals surface area contributed by atoms with Crippen LogP contribution in [-0.4, -0.2) is 11.7 Å². The van der Waals surface area contributed by atoms with Crippen molar-refractivity contribution >= 4 is 0 Å². The first-order chi connectivity index (χ1) is 10.9. The van der Waals surface area contributed by atoms with E-state index in [4.69, 9.17) is 4.74 Å². The lowest BCUT2D eigenvalue weighted by Crippen LogP contribution is -2.55. The van der Waals surface area contributed by atoms with E-state index in [-0.39, 0.29) is 5.60 Å². The second kappa shape index (κ2) is 6.75. The van der Waals surface area contributed by atoms with Gasteiger partial charge in [-0.05, 0) is 69.8 Å². The van der Waals surface area contributed by atoms with Crippen LogP contribution in [0.2, 0.25) is 0 Å². The van der Waals surface area contributed by atoms with Gasteiger partial charge >= 0.3 is 0 Å². The van der Waals surface area contributed by atoms with Crippen LogP contribution < -0.4 is 0 Å². The molecule has 5 atom stereocenters. The molecule has 130 valence electrons. The SMILES string of the molecule is CCCCCC1=CC2OC(C)(C)[C@@H]3CCC(C)CC3[C@H]2C(C)=C1. The molecule has 0 aromatic heterocycles. The number of hydrogen-bond acceptors (Lipinski definition) is 1. The third kappa shape index (κ3) is 3.45. The van der Waals surface area contributed by atoms with Crippen molar-refractivity contribution in [1.29, 1.82) is 0 Å². The molecular formula is C22H36O. The molecule has 0 aromatic rings. The lowest BCUT2D eigenvalue weighted by Gasteiger charge is -2.55. The van der Waals surface area contributed by atoms with Crippen molar-refractivity contribution in [3.05, 3.63) is 23.3 Å². The summed E-state index contributed by atoms with van der Waals surface area (Å²) < 4.78 is 6.67. The Kier molecular flexibility index (Phi) is 5.06. The first-order valence-electron chi connectivity index (χ1n) is 9.99. The van der Waals surface area contributed by atoms with E-state index in [1.165, 1.54) is 50.5 Å². The summed E-state index contributed by atoms with van der Waals surface area (Å²) in [7, 11) is 0. The molecule has 1 aliphatic heterocycles. The van der Waals surface area contributed by atoms with Crippen molar-refractivity contribution in [3.8, 4) is 0 Å². The van der Waals surface area contributed by atoms with Gasteiger partial charge in [0.2, 0.25) is 0 Å². The minimum atomic E-state index is 0.0363. The Bertz CT molecular complexity index is 484. The predicted molar refractivity (Wildman–Crippen MR) is 98.4 cm³/mol. The van der Waals surface area contributed by atoms with E-state index in [2.05, 4.69) is 46.8 Å². The molecule has 3 unspecified atom stereocenters. The monoisotopic (exact) mass is 316 g/mol. The minimum Gasteiger partial charge on any atom is -0.367 e. The fourth-order valence-corrected chi connectivity index (χ4v) is 5.56. The van der Waals surface area contributed by atoms with Gasteiger partial charge in [-0.2, -0.15) is 0 Å². The van der Waals surface area contributed by atoms with Crippen LogP contribution in [0, 0.1) is 23.7 Å². The molecule has 3 rings (SSSR count). The van der Waals surface area contributed by atoms with Gasteiger partial charge in [0.25, 0.3) is 0 Å². The molecule has 1 saturated heterocycles. The molecule has 2 fully saturated rings. The standard InChI is InChI=1S/C22H36O/c1-6-7-8-9-17-13-16(3)21-18-12-15(2)10-11-19(18)22(4,5)23-20(21)14-17/h13-15,18-21H,6-12H2,1-5H3/t15?,18?,19-,20?,21-/m1/s1. The largest absolute Gasteiger partial charge is 0.367 e. The van der Waals surface area contributed by atoms with Crippen LogP contribution in [0.5, 0.6) is 0 Å². The number of ether oxygens (including phenoxy) is 1. The zero-order valence-electron chi connectivity index (χ0n) is 15.9. The molecule has 0 N–H and O–H groups in total. The Labute approximate surface area is 143 Å². The van der Waals surface area contributed by atoms with Crippen LogP contribution in [-0.2, 0) is 4.74 Å². The second-order valence-electron chi connectivity index (χ2n) is 8.99. The highest BCUT2D eigenvalue weighted by Gasteiger charge is 2.51. The fourth-order valence-electron chi connectivity index (χ4n) is 5.56. The van der Waals surface area contributed by atoms with Gasteiger partial charge in [0.15, 0.2) is 0 Å². The average molecular weight is 317 g/mol. The van der Waals surface area contributed by atoms with Gasteiger partial charge in [0, 0.05) is 5.92 Å². The van der Waals surface area contributed by atoms with Gasteiger partial charge in [0.05, 0.1) is 11.7 Å². The molecule has 1 nitrogen and oxygen atoms in total. The van der Waals surface area contributed by atoms with Crippen LogP contribution in [0.3, 0.4) is 0 Å². The molecule has 0 radical (unpaired) electrons. The smallest absolute Gasteiger partial charge is 0.0836 e. The van der Waals surface area contributed by atoms with Crippen molar-refractivity contribution in [2.45, 2.75) is 91.3 Å². The van der Waals surface area contributed by atoms with E-state index < -0.39 is 0 Å². The number of rotatable bonds is 4. The summed E-state index contributed by atoms with van der Waals surface area (Å²) in [6.07, 6.45) is 14.6. The molecule has 0 amide bonds. The molecule has 1 saturated carbocycles. The molecule has 0 bridgehead atoms. The van der Waals surface area contributed by atoms with Gasteiger partial charge in [-0.1, -0.05) is 50.8 Å². The summed E-state index contributed by atoms with van der Waals surface area (Å²) in [5, 5.41) is 0. The van der Waals surface area contributed by atoms with Gasteiger partial charge < -0.3 is 4.74 Å². The highest BCUT2D eigenvalue weighted by atomic mass is 16.5. The van der Waals surface area contributed by atoms with Crippen molar-refractivity contribution in [2.24, 2.45) is 23.7 Å². The first-order valence-corrected chi connectivity index (χ1v) is 9.99. The molecule has 2 aliphatic carbocycles. The zero-order chi connectivity index (χ0) is 16.6. The highest BCUT2D eigenvalue weighted by Crippen LogP contribution is 2.53. The van der Waals surface area contributed by atoms with Crippen LogP contribution in [0.25, 0.3) is 0 Å². The quantitative estimate of drug-likeness (QED) is 0.553. The van der Waals surface area contributed by atoms with Gasteiger partial charge in [-0.15, -0.1) is 0 Å². The maximum Gasteiger partial charge on any atom is 0.0836 e. The molecule has 1 heteroatoms. The van der Waals surface area contributed by atoms with Crippen LogP contribution in [0.4, 0.5) is 0 Å². The molecule has 3 aliphatic rings. The zero-order valence-corrected chi connectivity index (χ0v) is 15.9. The number of hydrogen-bond donors (Lipinski definition) is 0. The number of unbranched alkanes of at least 4 members (excludes halogenated alkanes) is 2. The summed E-state index contributed by atoms with van der Waals surface area (Å²) in [5.74, 6) is 3.06. The van der Waals surface area contributed by atoms with E-state index in [9.17, 15) is 0 Å². The Morgan fingerprint density at radius 3 is 2.74 bits per heavy atom. The van der Waals surface area contributed by atoms with Gasteiger partial charge in [-0.25, -0.2) is 0 Å². The third-order valence-corrected chi connectivity index (χ3v) is 6.70. The highest BCUT2D eigenvalue weighted by molar-refractivity contribution is 5.33. The second-order valence-corrected chi connectivity index (χ2v) is 8.99. The fraction of sp³-hybridized carbons (Fsp3) is 0.818. The van der Waals surface area contributed by atoms with Crippen molar-refractivity contribution in [1.82, 2.24) is 0 Å². The summed E-state index contributed by atoms with van der Waals surface area (Å²) in [5.41, 5.74) is 3.15. The van der Waals surface area contributed by atoms with Crippen LogP contribution in [0.1, 0.15) is 79.6 Å². The van der Waals surface area contributed by atoms with E-state index >= 15 is 0 Å². The Morgan fingerprint density at radius 2 is 2.00 bits per heavy atom. The van der Waals surface area contributed by atoms with Gasteiger partial charge in [0.1, 0.15) is 0 Å². The summed E-state index contributed by atoms with van der Waals surface area (Å²) >= 11 is 0. The Hall–Kier alpha value is -0.560. The van der Waals surface area contributed by atoms with E-state index in [1.807, 2.05) is 0 Å². The third-order valence-electron chi connectivity index (χ3n) is 6.70. The van der Waals surface area contributed by atoms with Crippen molar-refractivity contribution in [2.75, 3.05) is 0 Å². The van der Waals surface area contributed by atoms with Crippen molar-refractivity contribution < 1.29 is 4.74 Å². The molecule has 23 heavy (non-hydrogen) atoms. The van der Waals surface area contributed by atoms with Crippen molar-refractivity contribution in [3.63, 3.8) is 0 Å². The van der Waals surface area contributed by atoms with E-state index in [0.29, 0.717) is 12.0 Å². The van der Waals surface area contributed by atoms with Gasteiger partial charge in [-0.3, -0.25) is 0 Å². The molecule has 0 spiro atoms. The normalized spacial score (nSPS) is 39.1. The molecular weight excluding hydrogens is 280 g/mol. The predicted octanol–water partition coefficient (Wildman–Crippen LogP) is 6.30.